The molecule has 2 amide bonds. The van der Waals surface area contributed by atoms with Gasteiger partial charge < -0.3 is 29.6 Å². The molecular weight excluding hydrogens is 426 g/mol. The average Bonchev–Trinajstić information content (AvgIpc) is 2.83. The highest BCUT2D eigenvalue weighted by Gasteiger charge is 2.14. The molecule has 9 heteroatoms. The lowest BCUT2D eigenvalue weighted by Gasteiger charge is -2.23. The summed E-state index contributed by atoms with van der Waals surface area (Å²) in [7, 11) is 1.63. The maximum atomic E-state index is 11.7. The summed E-state index contributed by atoms with van der Waals surface area (Å²) in [5.74, 6) is 1.46. The Kier molecular flexibility index (Phi) is 15.3. The second kappa shape index (κ2) is 17.8. The largest absolute Gasteiger partial charge is 0.493 e. The third kappa shape index (κ3) is 12.2. The average molecular weight is 468 g/mol. The standard InChI is InChI=1S/C24H41N3O6/c1-5-12-25-23(28)32-18-15-27(16-19-33-24(29)26-13-6-2)14-11-20-9-8-10-21(30-4)22(20)31-17-7-3/h8-10H,5-7,11-19H2,1-4H3,(H,25,28)(H,26,29). The van der Waals surface area contributed by atoms with Crippen LogP contribution < -0.4 is 20.1 Å². The number of rotatable bonds is 17. The molecule has 0 saturated heterocycles. The Balaban J connectivity index is 2.70. The molecule has 1 aromatic carbocycles. The second-order valence-electron chi connectivity index (χ2n) is 7.51. The Hall–Kier alpha value is -2.68. The number of methoxy groups -OCH3 is 1. The van der Waals surface area contributed by atoms with Crippen molar-refractivity contribution < 1.29 is 28.5 Å². The lowest BCUT2D eigenvalue weighted by atomic mass is 10.1. The zero-order valence-corrected chi connectivity index (χ0v) is 20.6. The SMILES string of the molecule is CCCNC(=O)OCCN(CCOC(=O)NCCC)CCc1cccc(OC)c1OCCC. The third-order valence-corrected chi connectivity index (χ3v) is 4.75. The molecule has 0 radical (unpaired) electrons. The number of hydrogen-bond acceptors (Lipinski definition) is 7. The first-order chi connectivity index (χ1) is 16.0. The summed E-state index contributed by atoms with van der Waals surface area (Å²) in [4.78, 5) is 25.5. The van der Waals surface area contributed by atoms with Crippen LogP contribution in [-0.2, 0) is 15.9 Å². The molecular formula is C24H41N3O6. The van der Waals surface area contributed by atoms with Crippen molar-refractivity contribution in [1.29, 1.82) is 0 Å². The molecule has 0 fully saturated rings. The molecule has 0 aromatic heterocycles. The van der Waals surface area contributed by atoms with Crippen molar-refractivity contribution in [3.8, 4) is 11.5 Å². The van der Waals surface area contributed by atoms with Crippen LogP contribution in [0.5, 0.6) is 11.5 Å². The first kappa shape index (κ1) is 28.4. The number of nitrogens with one attached hydrogen (secondary N) is 2. The fourth-order valence-corrected chi connectivity index (χ4v) is 2.99. The Morgan fingerprint density at radius 1 is 0.848 bits per heavy atom. The van der Waals surface area contributed by atoms with Gasteiger partial charge in [0.1, 0.15) is 13.2 Å². The van der Waals surface area contributed by atoms with Crippen LogP contribution in [0.4, 0.5) is 9.59 Å². The summed E-state index contributed by atoms with van der Waals surface area (Å²) >= 11 is 0. The van der Waals surface area contributed by atoms with Crippen LogP contribution in [0.2, 0.25) is 0 Å². The summed E-state index contributed by atoms with van der Waals surface area (Å²) in [6.45, 7) is 10.0. The van der Waals surface area contributed by atoms with Gasteiger partial charge in [0.25, 0.3) is 0 Å². The van der Waals surface area contributed by atoms with E-state index in [-0.39, 0.29) is 13.2 Å². The number of alkyl carbamates (subject to hydrolysis) is 2. The van der Waals surface area contributed by atoms with Crippen LogP contribution in [0.3, 0.4) is 0 Å². The van der Waals surface area contributed by atoms with E-state index in [0.29, 0.717) is 51.5 Å². The minimum atomic E-state index is -0.421. The third-order valence-electron chi connectivity index (χ3n) is 4.75. The number of para-hydroxylation sites is 1. The van der Waals surface area contributed by atoms with Gasteiger partial charge in [0.05, 0.1) is 13.7 Å². The molecule has 0 aliphatic heterocycles. The van der Waals surface area contributed by atoms with Crippen molar-refractivity contribution in [2.45, 2.75) is 46.5 Å². The molecule has 1 rings (SSSR count). The van der Waals surface area contributed by atoms with E-state index in [2.05, 4.69) is 22.5 Å². The van der Waals surface area contributed by atoms with Gasteiger partial charge in [-0.25, -0.2) is 9.59 Å². The fourth-order valence-electron chi connectivity index (χ4n) is 2.99. The lowest BCUT2D eigenvalue weighted by molar-refractivity contribution is 0.107. The lowest BCUT2D eigenvalue weighted by Crippen LogP contribution is -2.36. The Labute approximate surface area is 198 Å². The van der Waals surface area contributed by atoms with Gasteiger partial charge in [0, 0.05) is 32.7 Å². The van der Waals surface area contributed by atoms with Crippen molar-refractivity contribution in [1.82, 2.24) is 15.5 Å². The van der Waals surface area contributed by atoms with E-state index in [0.717, 1.165) is 30.6 Å². The molecule has 0 saturated carbocycles. The molecule has 188 valence electrons. The zero-order chi connectivity index (χ0) is 24.3. The van der Waals surface area contributed by atoms with Crippen molar-refractivity contribution in [2.75, 3.05) is 59.7 Å². The van der Waals surface area contributed by atoms with E-state index in [4.69, 9.17) is 18.9 Å². The maximum absolute atomic E-state index is 11.7. The van der Waals surface area contributed by atoms with E-state index in [1.807, 2.05) is 32.0 Å². The van der Waals surface area contributed by atoms with Gasteiger partial charge in [-0.3, -0.25) is 4.90 Å². The summed E-state index contributed by atoms with van der Waals surface area (Å²) in [5.41, 5.74) is 1.04. The monoisotopic (exact) mass is 467 g/mol. The van der Waals surface area contributed by atoms with Gasteiger partial charge in [-0.2, -0.15) is 0 Å². The number of benzene rings is 1. The van der Waals surface area contributed by atoms with E-state index < -0.39 is 12.2 Å². The van der Waals surface area contributed by atoms with Gasteiger partial charge in [0.15, 0.2) is 11.5 Å². The molecule has 0 heterocycles. The minimum Gasteiger partial charge on any atom is -0.493 e. The summed E-state index contributed by atoms with van der Waals surface area (Å²) in [6.07, 6.45) is 2.47. The maximum Gasteiger partial charge on any atom is 0.407 e. The molecule has 9 nitrogen and oxygen atoms in total. The van der Waals surface area contributed by atoms with Crippen LogP contribution >= 0.6 is 0 Å². The van der Waals surface area contributed by atoms with Gasteiger partial charge in [-0.1, -0.05) is 32.9 Å². The van der Waals surface area contributed by atoms with Gasteiger partial charge >= 0.3 is 12.2 Å². The second-order valence-corrected chi connectivity index (χ2v) is 7.51. The smallest absolute Gasteiger partial charge is 0.407 e. The molecule has 0 unspecified atom stereocenters. The predicted molar refractivity (Wildman–Crippen MR) is 128 cm³/mol. The van der Waals surface area contributed by atoms with Gasteiger partial charge in [-0.15, -0.1) is 0 Å². The van der Waals surface area contributed by atoms with Crippen LogP contribution in [0, 0.1) is 0 Å². The molecule has 0 aliphatic carbocycles. The van der Waals surface area contributed by atoms with Crippen molar-refractivity contribution in [3.05, 3.63) is 23.8 Å². The van der Waals surface area contributed by atoms with E-state index in [1.165, 1.54) is 0 Å². The first-order valence-corrected chi connectivity index (χ1v) is 11.9. The van der Waals surface area contributed by atoms with Crippen molar-refractivity contribution >= 4 is 12.2 Å². The molecule has 0 aliphatic rings. The summed E-state index contributed by atoms with van der Waals surface area (Å²) in [6, 6.07) is 5.85. The van der Waals surface area contributed by atoms with Gasteiger partial charge in [-0.05, 0) is 37.3 Å². The summed E-state index contributed by atoms with van der Waals surface area (Å²) in [5, 5.41) is 5.39. The van der Waals surface area contributed by atoms with E-state index in [9.17, 15) is 9.59 Å². The fraction of sp³-hybridized carbons (Fsp3) is 0.667. The molecule has 33 heavy (non-hydrogen) atoms. The Morgan fingerprint density at radius 2 is 1.45 bits per heavy atom. The highest BCUT2D eigenvalue weighted by molar-refractivity contribution is 5.67. The Bertz CT molecular complexity index is 660. The van der Waals surface area contributed by atoms with Crippen molar-refractivity contribution in [2.24, 2.45) is 0 Å². The molecule has 0 atom stereocenters. The van der Waals surface area contributed by atoms with Crippen LogP contribution in [0.1, 0.15) is 45.6 Å². The Morgan fingerprint density at radius 3 is 1.97 bits per heavy atom. The normalized spacial score (nSPS) is 10.6. The number of nitrogens with zero attached hydrogens (tertiary/aromatic N) is 1. The number of hydrogen-bond donors (Lipinski definition) is 2. The van der Waals surface area contributed by atoms with Crippen molar-refractivity contribution in [3.63, 3.8) is 0 Å². The highest BCUT2D eigenvalue weighted by atomic mass is 16.6. The van der Waals surface area contributed by atoms with Crippen LogP contribution in [0.25, 0.3) is 0 Å². The topological polar surface area (TPSA) is 98.4 Å². The van der Waals surface area contributed by atoms with E-state index >= 15 is 0 Å². The number of carbonyl (C=O) groups is 2. The van der Waals surface area contributed by atoms with Crippen LogP contribution in [-0.4, -0.2) is 76.7 Å². The first-order valence-electron chi connectivity index (χ1n) is 11.9. The van der Waals surface area contributed by atoms with E-state index in [1.54, 1.807) is 7.11 Å². The highest BCUT2D eigenvalue weighted by Crippen LogP contribution is 2.31. The predicted octanol–water partition coefficient (Wildman–Crippen LogP) is 3.60. The van der Waals surface area contributed by atoms with Gasteiger partial charge in [0.2, 0.25) is 0 Å². The minimum absolute atomic E-state index is 0.245. The molecule has 2 N–H and O–H groups in total. The molecule has 0 spiro atoms. The molecule has 0 bridgehead atoms. The number of ether oxygens (including phenoxy) is 4. The number of carbonyl (C=O) groups excluding carboxylic acids is 2. The molecule has 1 aromatic rings. The number of amides is 2. The zero-order valence-electron chi connectivity index (χ0n) is 20.6. The summed E-state index contributed by atoms with van der Waals surface area (Å²) < 4.78 is 21.9. The van der Waals surface area contributed by atoms with Crippen LogP contribution in [0.15, 0.2) is 18.2 Å². The quantitative estimate of drug-likeness (QED) is 0.361.